The number of hydrogen-bond donors (Lipinski definition) is 3. The van der Waals surface area contributed by atoms with E-state index in [9.17, 15) is 18.9 Å². The maximum atomic E-state index is 14.4. The topological polar surface area (TPSA) is 151 Å². The molecule has 13 heteroatoms. The van der Waals surface area contributed by atoms with E-state index in [0.717, 1.165) is 22.3 Å². The van der Waals surface area contributed by atoms with Gasteiger partial charge >= 0.3 is 13.8 Å². The van der Waals surface area contributed by atoms with Crippen LogP contribution in [0.15, 0.2) is 140 Å². The number of nitrogens with one attached hydrogen (secondary N) is 3. The van der Waals surface area contributed by atoms with Gasteiger partial charge in [0.05, 0.1) is 13.2 Å². The second kappa shape index (κ2) is 21.5. The lowest BCUT2D eigenvalue weighted by Gasteiger charge is -2.29. The molecule has 0 aliphatic rings. The fourth-order valence-corrected chi connectivity index (χ4v) is 6.68. The Bertz CT molecular complexity index is 2030. The Morgan fingerprint density at radius 1 is 0.632 bits per heavy atom. The highest BCUT2D eigenvalue weighted by Gasteiger charge is 2.37. The molecule has 57 heavy (non-hydrogen) atoms. The third kappa shape index (κ3) is 14.3. The van der Waals surface area contributed by atoms with Gasteiger partial charge in [-0.2, -0.15) is 0 Å². The average Bonchev–Trinajstić information content (AvgIpc) is 3.23. The first-order valence-electron chi connectivity index (χ1n) is 18.6. The number of phosphoric acid groups is 1. The van der Waals surface area contributed by atoms with Crippen LogP contribution in [-0.4, -0.2) is 29.9 Å². The molecule has 0 bridgehead atoms. The Morgan fingerprint density at radius 2 is 1.14 bits per heavy atom. The number of esters is 1. The predicted molar refractivity (Wildman–Crippen MR) is 215 cm³/mol. The summed E-state index contributed by atoms with van der Waals surface area (Å²) in [6, 6.07) is 42.2. The maximum Gasteiger partial charge on any atom is 0.530 e. The SMILES string of the molecule is CC(=O)NCCCC(=O)NN[C@@](C)(Cc1ccc(OP(=O)(OCc2ccccc2)OCc2ccccc2)c(OCc2ccccc2)c1)C(=O)OCc1ccccc1. The van der Waals surface area contributed by atoms with Crippen LogP contribution in [0.4, 0.5) is 0 Å². The molecular formula is C44H48N3O9P. The molecule has 3 N–H and O–H groups in total. The summed E-state index contributed by atoms with van der Waals surface area (Å²) in [5, 5.41) is 2.66. The summed E-state index contributed by atoms with van der Waals surface area (Å²) in [5.74, 6) is -0.879. The highest BCUT2D eigenvalue weighted by molar-refractivity contribution is 7.48. The number of amides is 2. The smallest absolute Gasteiger partial charge is 0.485 e. The molecule has 12 nitrogen and oxygen atoms in total. The van der Waals surface area contributed by atoms with Gasteiger partial charge in [-0.15, -0.1) is 0 Å². The molecular weight excluding hydrogens is 745 g/mol. The minimum absolute atomic E-state index is 0.0149. The Labute approximate surface area is 333 Å². The molecule has 0 radical (unpaired) electrons. The van der Waals surface area contributed by atoms with Crippen molar-refractivity contribution in [2.45, 2.75) is 65.1 Å². The molecule has 0 unspecified atom stereocenters. The van der Waals surface area contributed by atoms with Crippen molar-refractivity contribution < 1.29 is 42.0 Å². The summed E-state index contributed by atoms with van der Waals surface area (Å²) in [7, 11) is -4.28. The Morgan fingerprint density at radius 3 is 1.67 bits per heavy atom. The van der Waals surface area contributed by atoms with E-state index >= 15 is 0 Å². The van der Waals surface area contributed by atoms with Crippen molar-refractivity contribution in [3.05, 3.63) is 167 Å². The molecule has 5 rings (SSSR count). The molecule has 0 aromatic heterocycles. The highest BCUT2D eigenvalue weighted by atomic mass is 31.2. The first-order chi connectivity index (χ1) is 27.6. The van der Waals surface area contributed by atoms with E-state index in [1.807, 2.05) is 121 Å². The number of ether oxygens (including phenoxy) is 2. The largest absolute Gasteiger partial charge is 0.530 e. The zero-order chi connectivity index (χ0) is 40.4. The average molecular weight is 794 g/mol. The maximum absolute atomic E-state index is 14.4. The van der Waals surface area contributed by atoms with Crippen molar-refractivity contribution in [3.8, 4) is 11.5 Å². The van der Waals surface area contributed by atoms with Crippen molar-refractivity contribution in [1.82, 2.24) is 16.2 Å². The minimum Gasteiger partial charge on any atom is -0.485 e. The first kappa shape index (κ1) is 42.4. The molecule has 0 saturated heterocycles. The van der Waals surface area contributed by atoms with Crippen LogP contribution < -0.4 is 25.4 Å². The van der Waals surface area contributed by atoms with Crippen molar-refractivity contribution in [1.29, 1.82) is 0 Å². The van der Waals surface area contributed by atoms with Gasteiger partial charge in [-0.25, -0.2) is 14.8 Å². The molecule has 0 heterocycles. The van der Waals surface area contributed by atoms with E-state index in [1.54, 1.807) is 25.1 Å². The van der Waals surface area contributed by atoms with Gasteiger partial charge in [0, 0.05) is 26.3 Å². The molecule has 1 atom stereocenters. The molecule has 0 aliphatic heterocycles. The second-order valence-electron chi connectivity index (χ2n) is 13.4. The molecule has 298 valence electrons. The third-order valence-corrected chi connectivity index (χ3v) is 9.88. The normalized spacial score (nSPS) is 12.2. The van der Waals surface area contributed by atoms with Crippen LogP contribution in [0.3, 0.4) is 0 Å². The van der Waals surface area contributed by atoms with Crippen molar-refractivity contribution in [2.24, 2.45) is 0 Å². The number of carbonyl (C=O) groups excluding carboxylic acids is 3. The number of benzene rings is 5. The van der Waals surface area contributed by atoms with Crippen molar-refractivity contribution in [2.75, 3.05) is 6.54 Å². The predicted octanol–water partition coefficient (Wildman–Crippen LogP) is 7.77. The van der Waals surface area contributed by atoms with Gasteiger partial charge in [0.15, 0.2) is 11.5 Å². The summed E-state index contributed by atoms with van der Waals surface area (Å²) in [5.41, 5.74) is 7.89. The van der Waals surface area contributed by atoms with E-state index in [0.29, 0.717) is 18.5 Å². The van der Waals surface area contributed by atoms with Gasteiger partial charge < -0.3 is 19.3 Å². The van der Waals surface area contributed by atoms with Gasteiger partial charge in [-0.1, -0.05) is 127 Å². The van der Waals surface area contributed by atoms with Crippen molar-refractivity contribution in [3.63, 3.8) is 0 Å². The quantitative estimate of drug-likeness (QED) is 0.0275. The summed E-state index contributed by atoms with van der Waals surface area (Å²) < 4.78 is 44.3. The van der Waals surface area contributed by atoms with Crippen LogP contribution in [0.25, 0.3) is 0 Å². The van der Waals surface area contributed by atoms with E-state index in [2.05, 4.69) is 16.2 Å². The van der Waals surface area contributed by atoms with Gasteiger partial charge in [0.2, 0.25) is 11.8 Å². The molecule has 0 fully saturated rings. The Hall–Kier alpha value is -5.78. The van der Waals surface area contributed by atoms with Gasteiger partial charge in [0.1, 0.15) is 18.8 Å². The molecule has 0 saturated carbocycles. The van der Waals surface area contributed by atoms with Crippen LogP contribution >= 0.6 is 7.82 Å². The number of hydrogen-bond acceptors (Lipinski definition) is 10. The first-order valence-corrected chi connectivity index (χ1v) is 20.0. The molecule has 5 aromatic rings. The van der Waals surface area contributed by atoms with Crippen LogP contribution in [-0.2, 0) is 65.6 Å². The summed E-state index contributed by atoms with van der Waals surface area (Å²) in [6.45, 7) is 3.43. The highest BCUT2D eigenvalue weighted by Crippen LogP contribution is 2.53. The fraction of sp³-hybridized carbons (Fsp3) is 0.250. The molecule has 5 aromatic carbocycles. The molecule has 2 amide bonds. The zero-order valence-electron chi connectivity index (χ0n) is 32.1. The summed E-state index contributed by atoms with van der Waals surface area (Å²) in [4.78, 5) is 37.8. The monoisotopic (exact) mass is 793 g/mol. The van der Waals surface area contributed by atoms with Gasteiger partial charge in [-0.3, -0.25) is 24.1 Å². The van der Waals surface area contributed by atoms with Gasteiger partial charge in [-0.05, 0) is 53.3 Å². The fourth-order valence-electron chi connectivity index (χ4n) is 5.49. The molecule has 0 spiro atoms. The summed E-state index contributed by atoms with van der Waals surface area (Å²) >= 11 is 0. The van der Waals surface area contributed by atoms with Crippen LogP contribution in [0, 0.1) is 0 Å². The Balaban J connectivity index is 1.41. The van der Waals surface area contributed by atoms with E-state index < -0.39 is 19.3 Å². The van der Waals surface area contributed by atoms with Crippen LogP contribution in [0.2, 0.25) is 0 Å². The van der Waals surface area contributed by atoms with E-state index in [1.165, 1.54) is 6.92 Å². The minimum atomic E-state index is -4.28. The Kier molecular flexibility index (Phi) is 16.0. The van der Waals surface area contributed by atoms with E-state index in [4.69, 9.17) is 23.0 Å². The molecule has 0 aliphatic carbocycles. The lowest BCUT2D eigenvalue weighted by atomic mass is 9.93. The summed E-state index contributed by atoms with van der Waals surface area (Å²) in [6.07, 6.45) is 0.534. The van der Waals surface area contributed by atoms with Gasteiger partial charge in [0.25, 0.3) is 0 Å². The lowest BCUT2D eigenvalue weighted by molar-refractivity contribution is -0.153. The van der Waals surface area contributed by atoms with Crippen molar-refractivity contribution >= 4 is 25.6 Å². The number of hydrazine groups is 1. The number of phosphoric ester groups is 1. The van der Waals surface area contributed by atoms with Crippen LogP contribution in [0.1, 0.15) is 54.5 Å². The standard InChI is InChI=1S/C44H48N3O9P/c1-34(48)45-27-15-24-42(49)46-47-44(2,43(50)53-31-36-18-9-4-10-19-36)29-39-25-26-40(41(28-39)52-30-35-16-7-3-8-17-35)56-57(51,54-32-37-20-11-5-12-21-37)55-33-38-22-13-6-14-23-38/h3-14,16-23,25-26,28,47H,15,24,27,29-33H2,1-2H3,(H,45,48)(H,46,49)/t44-/m0/s1. The lowest BCUT2D eigenvalue weighted by Crippen LogP contribution is -2.59. The number of carbonyl (C=O) groups is 3. The number of rotatable bonds is 22. The zero-order valence-corrected chi connectivity index (χ0v) is 33.0. The van der Waals surface area contributed by atoms with Crippen LogP contribution in [0.5, 0.6) is 11.5 Å². The second-order valence-corrected chi connectivity index (χ2v) is 15.0. The third-order valence-electron chi connectivity index (χ3n) is 8.57. The van der Waals surface area contributed by atoms with E-state index in [-0.39, 0.29) is 62.6 Å².